The average molecular weight is 399 g/mol. The van der Waals surface area contributed by atoms with Gasteiger partial charge in [0, 0.05) is 44.4 Å². The van der Waals surface area contributed by atoms with Gasteiger partial charge in [-0.15, -0.1) is 0 Å². The quantitative estimate of drug-likeness (QED) is 0.553. The first-order valence-corrected chi connectivity index (χ1v) is 10.8. The predicted molar refractivity (Wildman–Crippen MR) is 115 cm³/mol. The number of ether oxygens (including phenoxy) is 1. The molecule has 0 bridgehead atoms. The second-order valence-corrected chi connectivity index (χ2v) is 8.19. The van der Waals surface area contributed by atoms with Gasteiger partial charge in [-0.05, 0) is 55.7 Å². The van der Waals surface area contributed by atoms with Gasteiger partial charge in [0.1, 0.15) is 0 Å². The SMILES string of the molecule is COCCCN1C(=S)N[C@@H](c2ccccn2)[C@H]1c1cccn1C1CCCCC1. The molecule has 0 spiro atoms. The molecule has 0 amide bonds. The molecule has 28 heavy (non-hydrogen) atoms. The Balaban J connectivity index is 1.68. The molecule has 0 unspecified atom stereocenters. The highest BCUT2D eigenvalue weighted by Crippen LogP contribution is 2.41. The monoisotopic (exact) mass is 398 g/mol. The molecule has 6 heteroatoms. The van der Waals surface area contributed by atoms with E-state index in [1.165, 1.54) is 37.8 Å². The fourth-order valence-electron chi connectivity index (χ4n) is 4.70. The summed E-state index contributed by atoms with van der Waals surface area (Å²) in [6, 6.07) is 11.4. The Morgan fingerprint density at radius 3 is 2.79 bits per heavy atom. The first-order valence-electron chi connectivity index (χ1n) is 10.4. The van der Waals surface area contributed by atoms with Crippen molar-refractivity contribution in [3.8, 4) is 0 Å². The average Bonchev–Trinajstić information content (AvgIpc) is 3.34. The van der Waals surface area contributed by atoms with E-state index in [4.69, 9.17) is 17.0 Å². The van der Waals surface area contributed by atoms with Crippen LogP contribution in [0.3, 0.4) is 0 Å². The molecule has 1 aliphatic carbocycles. The van der Waals surface area contributed by atoms with Gasteiger partial charge in [-0.3, -0.25) is 4.98 Å². The third-order valence-electron chi connectivity index (χ3n) is 6.03. The van der Waals surface area contributed by atoms with Crippen LogP contribution in [0.1, 0.15) is 68.0 Å². The van der Waals surface area contributed by atoms with Crippen LogP contribution in [0.4, 0.5) is 0 Å². The summed E-state index contributed by atoms with van der Waals surface area (Å²) < 4.78 is 7.80. The summed E-state index contributed by atoms with van der Waals surface area (Å²) in [5.74, 6) is 0. The van der Waals surface area contributed by atoms with Gasteiger partial charge in [0.15, 0.2) is 5.11 Å². The topological polar surface area (TPSA) is 42.3 Å². The molecule has 5 nitrogen and oxygen atoms in total. The number of rotatable bonds is 7. The van der Waals surface area contributed by atoms with Crippen LogP contribution < -0.4 is 5.32 Å². The first-order chi connectivity index (χ1) is 13.8. The molecule has 0 radical (unpaired) electrons. The number of aromatic nitrogens is 2. The molecule has 1 saturated carbocycles. The highest BCUT2D eigenvalue weighted by molar-refractivity contribution is 7.80. The number of nitrogens with one attached hydrogen (secondary N) is 1. The maximum atomic E-state index is 5.75. The smallest absolute Gasteiger partial charge is 0.170 e. The van der Waals surface area contributed by atoms with Gasteiger partial charge in [0.05, 0.1) is 17.8 Å². The van der Waals surface area contributed by atoms with Crippen LogP contribution in [0.25, 0.3) is 0 Å². The third kappa shape index (κ3) is 3.94. The van der Waals surface area contributed by atoms with Crippen LogP contribution in [0, 0.1) is 0 Å². The van der Waals surface area contributed by atoms with E-state index >= 15 is 0 Å². The van der Waals surface area contributed by atoms with Gasteiger partial charge >= 0.3 is 0 Å². The molecule has 2 atom stereocenters. The molecule has 2 aromatic heterocycles. The van der Waals surface area contributed by atoms with Crippen molar-refractivity contribution in [1.29, 1.82) is 0 Å². The molecule has 1 aliphatic heterocycles. The predicted octanol–water partition coefficient (Wildman–Crippen LogP) is 4.40. The third-order valence-corrected chi connectivity index (χ3v) is 6.38. The lowest BCUT2D eigenvalue weighted by molar-refractivity contribution is 0.179. The second-order valence-electron chi connectivity index (χ2n) is 7.80. The number of hydrogen-bond donors (Lipinski definition) is 1. The minimum absolute atomic E-state index is 0.0634. The van der Waals surface area contributed by atoms with Gasteiger partial charge in [-0.25, -0.2) is 0 Å². The van der Waals surface area contributed by atoms with Crippen molar-refractivity contribution in [2.45, 2.75) is 56.7 Å². The molecule has 1 saturated heterocycles. The summed E-state index contributed by atoms with van der Waals surface area (Å²) in [7, 11) is 1.75. The standard InChI is InChI=1S/C22H30N4OS/c1-27-16-8-15-26-21(20(24-22(26)28)18-11-5-6-13-23-18)19-12-7-14-25(19)17-9-3-2-4-10-17/h5-7,11-14,17,20-21H,2-4,8-10,15-16H2,1H3,(H,24,28)/t20-,21+/m0/s1. The Labute approximate surface area is 173 Å². The molecular weight excluding hydrogens is 368 g/mol. The van der Waals surface area contributed by atoms with E-state index in [0.717, 1.165) is 30.4 Å². The van der Waals surface area contributed by atoms with Gasteiger partial charge < -0.3 is 19.5 Å². The Morgan fingerprint density at radius 1 is 1.18 bits per heavy atom. The summed E-state index contributed by atoms with van der Waals surface area (Å²) >= 11 is 5.75. The normalized spacial score (nSPS) is 23.2. The van der Waals surface area contributed by atoms with Crippen molar-refractivity contribution >= 4 is 17.3 Å². The summed E-state index contributed by atoms with van der Waals surface area (Å²) in [4.78, 5) is 6.98. The van der Waals surface area contributed by atoms with Crippen molar-refractivity contribution in [1.82, 2.24) is 19.8 Å². The zero-order chi connectivity index (χ0) is 19.3. The molecule has 2 aliphatic rings. The minimum Gasteiger partial charge on any atom is -0.385 e. The maximum absolute atomic E-state index is 5.75. The molecule has 2 fully saturated rings. The largest absolute Gasteiger partial charge is 0.385 e. The van der Waals surface area contributed by atoms with Crippen molar-refractivity contribution in [2.75, 3.05) is 20.3 Å². The van der Waals surface area contributed by atoms with E-state index in [1.807, 2.05) is 12.3 Å². The number of thiocarbonyl (C=S) groups is 1. The lowest BCUT2D eigenvalue weighted by atomic mass is 9.94. The molecule has 150 valence electrons. The number of pyridine rings is 1. The van der Waals surface area contributed by atoms with Crippen molar-refractivity contribution in [3.63, 3.8) is 0 Å². The summed E-state index contributed by atoms with van der Waals surface area (Å²) in [6.07, 6.45) is 11.6. The van der Waals surface area contributed by atoms with Crippen LogP contribution in [0.2, 0.25) is 0 Å². The van der Waals surface area contributed by atoms with Gasteiger partial charge in [-0.2, -0.15) is 0 Å². The summed E-state index contributed by atoms with van der Waals surface area (Å²) in [5, 5.41) is 4.37. The molecule has 2 aromatic rings. The fourth-order valence-corrected chi connectivity index (χ4v) is 5.03. The van der Waals surface area contributed by atoms with Crippen molar-refractivity contribution < 1.29 is 4.74 Å². The number of hydrogen-bond acceptors (Lipinski definition) is 3. The lowest BCUT2D eigenvalue weighted by Crippen LogP contribution is -2.32. The first kappa shape index (κ1) is 19.4. The van der Waals surface area contributed by atoms with Crippen LogP contribution in [0.5, 0.6) is 0 Å². The molecule has 0 aromatic carbocycles. The van der Waals surface area contributed by atoms with E-state index in [9.17, 15) is 0 Å². The lowest BCUT2D eigenvalue weighted by Gasteiger charge is -2.32. The van der Waals surface area contributed by atoms with E-state index in [-0.39, 0.29) is 12.1 Å². The molecular formula is C22H30N4OS. The maximum Gasteiger partial charge on any atom is 0.170 e. The van der Waals surface area contributed by atoms with Crippen LogP contribution in [-0.2, 0) is 4.74 Å². The van der Waals surface area contributed by atoms with Gasteiger partial charge in [0.2, 0.25) is 0 Å². The van der Waals surface area contributed by atoms with Gasteiger partial charge in [0.25, 0.3) is 0 Å². The van der Waals surface area contributed by atoms with Crippen LogP contribution >= 0.6 is 12.2 Å². The second kappa shape index (κ2) is 9.05. The van der Waals surface area contributed by atoms with Crippen LogP contribution in [-0.4, -0.2) is 39.8 Å². The Hall–Kier alpha value is -1.92. The van der Waals surface area contributed by atoms with Crippen molar-refractivity contribution in [3.05, 3.63) is 54.1 Å². The van der Waals surface area contributed by atoms with Crippen molar-refractivity contribution in [2.24, 2.45) is 0 Å². The minimum atomic E-state index is 0.0634. The Morgan fingerprint density at radius 2 is 2.04 bits per heavy atom. The Kier molecular flexibility index (Phi) is 6.27. The number of nitrogens with zero attached hydrogens (tertiary/aromatic N) is 3. The van der Waals surface area contributed by atoms with Gasteiger partial charge in [-0.1, -0.05) is 25.3 Å². The Bertz CT molecular complexity index is 772. The molecule has 4 rings (SSSR count). The highest BCUT2D eigenvalue weighted by Gasteiger charge is 2.41. The van der Waals surface area contributed by atoms with E-state index in [1.54, 1.807) is 7.11 Å². The summed E-state index contributed by atoms with van der Waals surface area (Å²) in [6.45, 7) is 1.62. The fraction of sp³-hybridized carbons (Fsp3) is 0.545. The number of methoxy groups -OCH3 is 1. The van der Waals surface area contributed by atoms with E-state index in [2.05, 4.69) is 50.2 Å². The van der Waals surface area contributed by atoms with Crippen LogP contribution in [0.15, 0.2) is 42.7 Å². The highest BCUT2D eigenvalue weighted by atomic mass is 32.1. The van der Waals surface area contributed by atoms with E-state index < -0.39 is 0 Å². The molecule has 3 heterocycles. The molecule has 1 N–H and O–H groups in total. The van der Waals surface area contributed by atoms with E-state index in [0.29, 0.717) is 6.04 Å². The zero-order valence-corrected chi connectivity index (χ0v) is 17.4. The zero-order valence-electron chi connectivity index (χ0n) is 16.6. The summed E-state index contributed by atoms with van der Waals surface area (Å²) in [5.41, 5.74) is 2.38.